The number of carbonyl (C=O) groups is 2. The molecule has 1 aliphatic heterocycles. The molecule has 0 bridgehead atoms. The fourth-order valence-corrected chi connectivity index (χ4v) is 2.65. The Morgan fingerprint density at radius 3 is 2.68 bits per heavy atom. The van der Waals surface area contributed by atoms with E-state index in [0.717, 1.165) is 10.2 Å². The first kappa shape index (κ1) is 16.9. The third-order valence-electron chi connectivity index (χ3n) is 3.81. The minimum atomic E-state index is -0.565. The Morgan fingerprint density at radius 1 is 1.28 bits per heavy atom. The molecule has 0 spiro atoms. The Morgan fingerprint density at radius 2 is 2.04 bits per heavy atom. The van der Waals surface area contributed by atoms with E-state index in [1.807, 2.05) is 20.8 Å². The normalized spacial score (nSPS) is 14.1. The number of hydrogen-bond acceptors (Lipinski definition) is 6. The van der Waals surface area contributed by atoms with Crippen LogP contribution in [0.2, 0.25) is 0 Å². The molecule has 0 aromatic carbocycles. The summed E-state index contributed by atoms with van der Waals surface area (Å²) in [6.07, 6.45) is 1.66. The van der Waals surface area contributed by atoms with Crippen LogP contribution >= 0.6 is 0 Å². The number of nitrogen functional groups attached to an aromatic ring is 1. The summed E-state index contributed by atoms with van der Waals surface area (Å²) in [6.45, 7) is 6.18. The molecule has 0 saturated carbocycles. The van der Waals surface area contributed by atoms with E-state index in [1.54, 1.807) is 23.1 Å². The summed E-state index contributed by atoms with van der Waals surface area (Å²) in [5.74, 6) is -0.0918. The van der Waals surface area contributed by atoms with Crippen LogP contribution in [0.3, 0.4) is 0 Å². The van der Waals surface area contributed by atoms with Gasteiger partial charge in [0.1, 0.15) is 17.1 Å². The maximum atomic E-state index is 12.5. The van der Waals surface area contributed by atoms with Crippen molar-refractivity contribution in [2.75, 3.05) is 12.3 Å². The topological polar surface area (TPSA) is 103 Å². The van der Waals surface area contributed by atoms with Crippen molar-refractivity contribution in [3.05, 3.63) is 41.3 Å². The van der Waals surface area contributed by atoms with Crippen molar-refractivity contribution >= 4 is 17.8 Å². The predicted octanol–water partition coefficient (Wildman–Crippen LogP) is 1.84. The van der Waals surface area contributed by atoms with Crippen molar-refractivity contribution in [1.82, 2.24) is 19.7 Å². The summed E-state index contributed by atoms with van der Waals surface area (Å²) >= 11 is 0. The summed E-state index contributed by atoms with van der Waals surface area (Å²) in [5.41, 5.74) is 7.21. The van der Waals surface area contributed by atoms with E-state index in [4.69, 9.17) is 10.5 Å². The number of nitrogens with zero attached hydrogens (tertiary/aromatic N) is 4. The SMILES string of the molecule is CC(C)(C)OC(=O)N1CCc2c(nn(C(=O)c3ccccn3)c2N)C1. The van der Waals surface area contributed by atoms with Crippen LogP contribution in [0.15, 0.2) is 24.4 Å². The number of carbonyl (C=O) groups excluding carboxylic acids is 2. The molecule has 0 unspecified atom stereocenters. The summed E-state index contributed by atoms with van der Waals surface area (Å²) < 4.78 is 6.55. The van der Waals surface area contributed by atoms with Gasteiger partial charge in [0.15, 0.2) is 0 Å². The van der Waals surface area contributed by atoms with Crippen molar-refractivity contribution in [1.29, 1.82) is 0 Å². The second-order valence-corrected chi connectivity index (χ2v) is 6.89. The molecule has 1 amide bonds. The van der Waals surface area contributed by atoms with Gasteiger partial charge in [-0.1, -0.05) is 6.07 Å². The van der Waals surface area contributed by atoms with E-state index in [2.05, 4.69) is 10.1 Å². The van der Waals surface area contributed by atoms with Gasteiger partial charge in [0.05, 0.1) is 12.2 Å². The predicted molar refractivity (Wildman–Crippen MR) is 91.0 cm³/mol. The van der Waals surface area contributed by atoms with E-state index >= 15 is 0 Å². The van der Waals surface area contributed by atoms with Gasteiger partial charge in [-0.05, 0) is 39.3 Å². The molecule has 132 valence electrons. The molecule has 0 saturated heterocycles. The van der Waals surface area contributed by atoms with Gasteiger partial charge >= 0.3 is 6.09 Å². The van der Waals surface area contributed by atoms with E-state index in [0.29, 0.717) is 24.5 Å². The molecule has 0 radical (unpaired) electrons. The number of rotatable bonds is 1. The standard InChI is InChI=1S/C17H21N5O3/c1-17(2,3)25-16(24)21-9-7-11-13(10-21)20-22(14(11)18)15(23)12-6-4-5-8-19-12/h4-6,8H,7,9-10,18H2,1-3H3. The van der Waals surface area contributed by atoms with Gasteiger partial charge < -0.3 is 15.4 Å². The maximum Gasteiger partial charge on any atom is 0.410 e. The van der Waals surface area contributed by atoms with E-state index in [-0.39, 0.29) is 12.2 Å². The van der Waals surface area contributed by atoms with E-state index in [9.17, 15) is 9.59 Å². The molecule has 2 aromatic rings. The fourth-order valence-electron chi connectivity index (χ4n) is 2.65. The summed E-state index contributed by atoms with van der Waals surface area (Å²) in [4.78, 5) is 30.4. The van der Waals surface area contributed by atoms with Gasteiger partial charge in [-0.2, -0.15) is 9.78 Å². The molecule has 0 aliphatic carbocycles. The lowest BCUT2D eigenvalue weighted by Gasteiger charge is -2.29. The fraction of sp³-hybridized carbons (Fsp3) is 0.412. The van der Waals surface area contributed by atoms with Crippen LogP contribution < -0.4 is 5.73 Å². The molecule has 25 heavy (non-hydrogen) atoms. The molecule has 3 heterocycles. The van der Waals surface area contributed by atoms with Gasteiger partial charge in [-0.3, -0.25) is 9.78 Å². The highest BCUT2D eigenvalue weighted by Crippen LogP contribution is 2.25. The van der Waals surface area contributed by atoms with Crippen molar-refractivity contribution in [3.8, 4) is 0 Å². The molecule has 0 atom stereocenters. The lowest BCUT2D eigenvalue weighted by atomic mass is 10.1. The van der Waals surface area contributed by atoms with Gasteiger partial charge in [-0.15, -0.1) is 0 Å². The van der Waals surface area contributed by atoms with Crippen LogP contribution in [0, 0.1) is 0 Å². The third kappa shape index (κ3) is 3.47. The number of pyridine rings is 1. The lowest BCUT2D eigenvalue weighted by Crippen LogP contribution is -2.39. The quantitative estimate of drug-likeness (QED) is 0.847. The molecular formula is C17H21N5O3. The van der Waals surface area contributed by atoms with Crippen LogP contribution in [0.5, 0.6) is 0 Å². The van der Waals surface area contributed by atoms with E-state index in [1.165, 1.54) is 6.20 Å². The second kappa shape index (κ2) is 6.19. The maximum absolute atomic E-state index is 12.5. The van der Waals surface area contributed by atoms with Crippen molar-refractivity contribution in [2.45, 2.75) is 39.3 Å². The molecule has 8 heteroatoms. The van der Waals surface area contributed by atoms with Crippen molar-refractivity contribution in [2.24, 2.45) is 0 Å². The number of fused-ring (bicyclic) bond motifs is 1. The Bertz CT molecular complexity index is 808. The summed E-state index contributed by atoms with van der Waals surface area (Å²) in [7, 11) is 0. The molecule has 8 nitrogen and oxygen atoms in total. The van der Waals surface area contributed by atoms with Crippen LogP contribution in [0.4, 0.5) is 10.6 Å². The third-order valence-corrected chi connectivity index (χ3v) is 3.81. The Kier molecular flexibility index (Phi) is 4.20. The van der Waals surface area contributed by atoms with Gasteiger partial charge in [0.2, 0.25) is 0 Å². The largest absolute Gasteiger partial charge is 0.444 e. The highest BCUT2D eigenvalue weighted by molar-refractivity contribution is 5.95. The molecule has 1 aliphatic rings. The number of aromatic nitrogens is 3. The van der Waals surface area contributed by atoms with Crippen LogP contribution in [-0.2, 0) is 17.7 Å². The number of ether oxygens (including phenoxy) is 1. The summed E-state index contributed by atoms with van der Waals surface area (Å²) in [5, 5.41) is 4.31. The number of amides is 1. The first-order valence-corrected chi connectivity index (χ1v) is 8.06. The Hall–Kier alpha value is -2.90. The Labute approximate surface area is 145 Å². The van der Waals surface area contributed by atoms with Gasteiger partial charge in [-0.25, -0.2) is 4.79 Å². The van der Waals surface area contributed by atoms with Gasteiger partial charge in [0.25, 0.3) is 5.91 Å². The monoisotopic (exact) mass is 343 g/mol. The van der Waals surface area contributed by atoms with Crippen LogP contribution in [0.25, 0.3) is 0 Å². The molecule has 2 N–H and O–H groups in total. The highest BCUT2D eigenvalue weighted by Gasteiger charge is 2.30. The van der Waals surface area contributed by atoms with Crippen molar-refractivity contribution < 1.29 is 14.3 Å². The molecular weight excluding hydrogens is 322 g/mol. The minimum absolute atomic E-state index is 0.261. The number of hydrogen-bond donors (Lipinski definition) is 1. The molecule has 3 rings (SSSR count). The van der Waals surface area contributed by atoms with Crippen LogP contribution in [-0.4, -0.2) is 43.8 Å². The highest BCUT2D eigenvalue weighted by atomic mass is 16.6. The minimum Gasteiger partial charge on any atom is -0.444 e. The van der Waals surface area contributed by atoms with Crippen LogP contribution in [0.1, 0.15) is 42.5 Å². The Balaban J connectivity index is 1.83. The first-order chi connectivity index (χ1) is 11.8. The van der Waals surface area contributed by atoms with Crippen molar-refractivity contribution in [3.63, 3.8) is 0 Å². The zero-order valence-corrected chi connectivity index (χ0v) is 14.5. The van der Waals surface area contributed by atoms with E-state index < -0.39 is 17.6 Å². The smallest absolute Gasteiger partial charge is 0.410 e. The zero-order chi connectivity index (χ0) is 18.2. The van der Waals surface area contributed by atoms with Gasteiger partial charge in [0, 0.05) is 18.3 Å². The number of nitrogens with two attached hydrogens (primary N) is 1. The lowest BCUT2D eigenvalue weighted by molar-refractivity contribution is 0.0221. The zero-order valence-electron chi connectivity index (χ0n) is 14.5. The average molecular weight is 343 g/mol. The number of anilines is 1. The molecule has 0 fully saturated rings. The summed E-state index contributed by atoms with van der Waals surface area (Å²) in [6, 6.07) is 5.06. The molecule has 2 aromatic heterocycles. The second-order valence-electron chi connectivity index (χ2n) is 6.89. The average Bonchev–Trinajstić information content (AvgIpc) is 2.90. The first-order valence-electron chi connectivity index (χ1n) is 8.06.